The molecule has 0 aliphatic carbocycles. The Morgan fingerprint density at radius 1 is 0.330 bits per heavy atom. The van der Waals surface area contributed by atoms with Crippen molar-refractivity contribution in [2.45, 2.75) is 267 Å². The molecule has 43 heteroatoms. The van der Waals surface area contributed by atoms with E-state index in [0.29, 0.717) is 0 Å². The molecule has 0 aromatic carbocycles. The van der Waals surface area contributed by atoms with Crippen molar-refractivity contribution in [3.63, 3.8) is 0 Å². The number of ether oxygens (including phenoxy) is 14. The van der Waals surface area contributed by atoms with Crippen LogP contribution in [0.1, 0.15) is 27.7 Å². The maximum atomic E-state index is 13.0. The number of aliphatic hydroxyl groups is 23. The van der Waals surface area contributed by atoms with Crippen LogP contribution in [0.25, 0.3) is 0 Å². The van der Waals surface area contributed by atoms with E-state index in [4.69, 9.17) is 66.3 Å². The van der Waals surface area contributed by atoms with Gasteiger partial charge in [-0.25, -0.2) is 0 Å². The van der Waals surface area contributed by atoms with Crippen LogP contribution in [0.3, 0.4) is 0 Å². The van der Waals surface area contributed by atoms with Crippen molar-refractivity contribution in [3.05, 3.63) is 0 Å². The number of hydrogen-bond acceptors (Lipinski definition) is 40. The maximum Gasteiger partial charge on any atom is 0.217 e. The van der Waals surface area contributed by atoms with Crippen molar-refractivity contribution >= 4 is 17.7 Å². The number of hydrogen-bond donors (Lipinski definition) is 26. The third kappa shape index (κ3) is 18.3. The van der Waals surface area contributed by atoms with Crippen LogP contribution in [0.2, 0.25) is 0 Å². The predicted molar refractivity (Wildman–Crippen MR) is 300 cm³/mol. The second-order valence-electron chi connectivity index (χ2n) is 24.3. The molecule has 0 unspecified atom stereocenters. The van der Waals surface area contributed by atoms with E-state index >= 15 is 0 Å². The van der Waals surface area contributed by atoms with E-state index in [1.165, 1.54) is 6.92 Å². The molecule has 97 heavy (non-hydrogen) atoms. The Morgan fingerprint density at radius 3 is 1.09 bits per heavy atom. The Labute approximate surface area is 550 Å². The SMILES string of the molecule is CC(=O)N[C@H]1[C@H](O[C@H]2[C@@H](O)[C@@H](CO)O[C@@H](O[C@@H]([C@H](O)[C@@H](O)CO)[C@H](O)CO)[C@@H]2O)O[C@H](CO)[C@@H](O[C@@H]2O[C@H](CO)[C@H](O)[C@H](O[C@@H]3O[C@H](CO)[C@@H](O[C@@H]4O[C@H](CO)[C@H](O)[C@H](O[C@H]5O[C@H](CO)[C@H](O)[C@H](O)[C@H]5NC(C)=O)[C@H]4O[C@@H]4O[C@@H](C)[C@@H](O)[C@@H](O)[C@@H]4O)[C@H](O)[C@H]3NC(C)=O)[C@H]2O)[C@@H]1O. The third-order valence-electron chi connectivity index (χ3n) is 17.5. The van der Waals surface area contributed by atoms with Gasteiger partial charge in [0, 0.05) is 20.8 Å². The summed E-state index contributed by atoms with van der Waals surface area (Å²) in [6.07, 6.45) is -72.7. The minimum atomic E-state index is -2.36. The molecule has 0 spiro atoms. The standard InChI is InChI=1S/C54H93N3O40/c1-13-28(71)37(80)38(81)51(84-13)97-47-46(96-48-25(55-14(2)66)34(77)30(73)19(7-60)85-48)33(76)22(10-63)88-54(47)93-43-24(12-65)90-50(27(36(43)79)57-16(4)68)95-45-32(75)21(9-62)87-53(40(45)83)92-42-23(11-64)89-49(26(35(42)78)56-15(3)67)94-44-31(74)20(8-61)86-52(39(44)82)91-41(18(70)6-59)29(72)17(69)5-58/h13,17-54,58-65,69-83H,5-12H2,1-4H3,(H,55,66)(H,56,67)(H,57,68)/t13-,17-,18+,19+,20+,21+,22+,23+,24+,25+,26+,27+,28+,29+,30-,31-,32-,33-,34+,35+,36+,37+,38-,39+,40+,41+,42+,43+,44-,45-,46-,47+,48+,49-,50-,51-,52-,53-,54-/m0/s1. The molecule has 0 bridgehead atoms. The second-order valence-corrected chi connectivity index (χ2v) is 24.3. The number of nitrogens with one attached hydrogen (secondary N) is 3. The molecule has 0 saturated carbocycles. The Hall–Kier alpha value is -3.07. The zero-order chi connectivity index (χ0) is 71.9. The van der Waals surface area contributed by atoms with E-state index in [0.717, 1.165) is 20.8 Å². The quantitative estimate of drug-likeness (QED) is 0.0346. The van der Waals surface area contributed by atoms with Crippen LogP contribution in [0.5, 0.6) is 0 Å². The van der Waals surface area contributed by atoms with Crippen molar-refractivity contribution < 1.29 is 198 Å². The molecule has 3 amide bonds. The van der Waals surface area contributed by atoms with E-state index in [-0.39, 0.29) is 0 Å². The minimum absolute atomic E-state index is 0.823. The summed E-state index contributed by atoms with van der Waals surface area (Å²) in [5.74, 6) is -2.70. The van der Waals surface area contributed by atoms with Crippen LogP contribution < -0.4 is 16.0 Å². The van der Waals surface area contributed by atoms with Crippen molar-refractivity contribution in [3.8, 4) is 0 Å². The Morgan fingerprint density at radius 2 is 0.660 bits per heavy atom. The number of carbonyl (C=O) groups excluding carboxylic acids is 3. The Bertz CT molecular complexity index is 2440. The monoisotopic (exact) mass is 1420 g/mol. The molecule has 0 aromatic rings. The topological polar surface area (TPSA) is 682 Å². The zero-order valence-corrected chi connectivity index (χ0v) is 52.4. The van der Waals surface area contributed by atoms with E-state index in [1.807, 2.05) is 0 Å². The van der Waals surface area contributed by atoms with Gasteiger partial charge in [-0.05, 0) is 6.92 Å². The Kier molecular flexibility index (Phi) is 30.1. The van der Waals surface area contributed by atoms with E-state index in [1.54, 1.807) is 0 Å². The molecule has 7 aliphatic heterocycles. The largest absolute Gasteiger partial charge is 0.394 e. The van der Waals surface area contributed by atoms with Crippen molar-refractivity contribution in [2.75, 3.05) is 52.9 Å². The number of rotatable bonds is 28. The van der Waals surface area contributed by atoms with Gasteiger partial charge in [0.05, 0.1) is 59.0 Å². The van der Waals surface area contributed by atoms with Crippen LogP contribution in [-0.4, -0.2) is 427 Å². The lowest BCUT2D eigenvalue weighted by Gasteiger charge is -2.52. The van der Waals surface area contributed by atoms with Crippen LogP contribution in [0.4, 0.5) is 0 Å². The summed E-state index contributed by atoms with van der Waals surface area (Å²) in [4.78, 5) is 38.2. The smallest absolute Gasteiger partial charge is 0.217 e. The van der Waals surface area contributed by atoms with Gasteiger partial charge in [-0.3, -0.25) is 14.4 Å². The number of carbonyl (C=O) groups is 3. The summed E-state index contributed by atoms with van der Waals surface area (Å²) >= 11 is 0. The fourth-order valence-electron chi connectivity index (χ4n) is 12.2. The van der Waals surface area contributed by atoms with Gasteiger partial charge in [0.1, 0.15) is 189 Å². The van der Waals surface area contributed by atoms with Crippen LogP contribution in [0, 0.1) is 0 Å². The first-order valence-electron chi connectivity index (χ1n) is 30.9. The third-order valence-corrected chi connectivity index (χ3v) is 17.5. The fraction of sp³-hybridized carbons (Fsp3) is 0.944. The first kappa shape index (κ1) is 81.2. The molecule has 7 aliphatic rings. The van der Waals surface area contributed by atoms with Crippen LogP contribution in [0.15, 0.2) is 0 Å². The molecule has 7 fully saturated rings. The summed E-state index contributed by atoms with van der Waals surface area (Å²) in [5.41, 5.74) is 0. The summed E-state index contributed by atoms with van der Waals surface area (Å²) in [6.45, 7) is -4.63. The number of amides is 3. The second kappa shape index (κ2) is 35.9. The van der Waals surface area contributed by atoms with Crippen molar-refractivity contribution in [2.24, 2.45) is 0 Å². The lowest BCUT2D eigenvalue weighted by molar-refractivity contribution is -0.402. The molecule has 7 heterocycles. The van der Waals surface area contributed by atoms with Gasteiger partial charge in [-0.1, -0.05) is 0 Å². The average Bonchev–Trinajstić information content (AvgIpc) is 0.769. The predicted octanol–water partition coefficient (Wildman–Crippen LogP) is -17.4. The molecule has 564 valence electrons. The zero-order valence-electron chi connectivity index (χ0n) is 52.4. The maximum absolute atomic E-state index is 13.0. The molecule has 39 atom stereocenters. The van der Waals surface area contributed by atoms with Gasteiger partial charge in [0.2, 0.25) is 17.7 Å². The molecular formula is C54H93N3O40. The van der Waals surface area contributed by atoms with Crippen molar-refractivity contribution in [1.82, 2.24) is 16.0 Å². The molecule has 7 saturated heterocycles. The van der Waals surface area contributed by atoms with Crippen molar-refractivity contribution in [1.29, 1.82) is 0 Å². The lowest BCUT2D eigenvalue weighted by Crippen LogP contribution is -2.71. The average molecular weight is 1420 g/mol. The van der Waals surface area contributed by atoms with Gasteiger partial charge in [0.25, 0.3) is 0 Å². The van der Waals surface area contributed by atoms with Gasteiger partial charge < -0.3 is 200 Å². The van der Waals surface area contributed by atoms with Gasteiger partial charge in [-0.15, -0.1) is 0 Å². The van der Waals surface area contributed by atoms with E-state index in [2.05, 4.69) is 16.0 Å². The molecular weight excluding hydrogens is 1330 g/mol. The summed E-state index contributed by atoms with van der Waals surface area (Å²) in [5, 5.41) is 257. The summed E-state index contributed by atoms with van der Waals surface area (Å²) < 4.78 is 82.5. The minimum Gasteiger partial charge on any atom is -0.394 e. The van der Waals surface area contributed by atoms with Gasteiger partial charge in [0.15, 0.2) is 44.0 Å². The molecule has 26 N–H and O–H groups in total. The van der Waals surface area contributed by atoms with E-state index in [9.17, 15) is 132 Å². The summed E-state index contributed by atoms with van der Waals surface area (Å²) in [6, 6.07) is -5.58. The summed E-state index contributed by atoms with van der Waals surface area (Å²) in [7, 11) is 0. The highest BCUT2D eigenvalue weighted by Crippen LogP contribution is 2.39. The molecule has 7 rings (SSSR count). The van der Waals surface area contributed by atoms with Gasteiger partial charge >= 0.3 is 0 Å². The normalized spacial score (nSPS) is 46.5. The van der Waals surface area contributed by atoms with E-state index < -0.39 is 310 Å². The first-order chi connectivity index (χ1) is 45.8. The highest BCUT2D eigenvalue weighted by Gasteiger charge is 2.60. The highest BCUT2D eigenvalue weighted by atomic mass is 16.8. The fourth-order valence-corrected chi connectivity index (χ4v) is 12.2. The molecule has 0 aromatic heterocycles. The lowest BCUT2D eigenvalue weighted by atomic mass is 9.93. The van der Waals surface area contributed by atoms with Gasteiger partial charge in [-0.2, -0.15) is 0 Å². The number of aliphatic hydroxyl groups excluding tert-OH is 23. The molecule has 43 nitrogen and oxygen atoms in total. The van der Waals surface area contributed by atoms with Crippen LogP contribution >= 0.6 is 0 Å². The first-order valence-corrected chi connectivity index (χ1v) is 30.9. The highest BCUT2D eigenvalue weighted by molar-refractivity contribution is 5.74. The molecule has 0 radical (unpaired) electrons. The van der Waals surface area contributed by atoms with Crippen LogP contribution in [-0.2, 0) is 80.7 Å². The Balaban J connectivity index is 1.15.